The van der Waals surface area contributed by atoms with Crippen LogP contribution in [0.4, 0.5) is 0 Å². The molecule has 1 nitrogen and oxygen atoms in total. The Labute approximate surface area is 98.3 Å². The summed E-state index contributed by atoms with van der Waals surface area (Å²) in [6.45, 7) is 3.67. The summed E-state index contributed by atoms with van der Waals surface area (Å²) in [5.41, 5.74) is 0. The molecule has 0 saturated heterocycles. The number of hydrogen-bond donors (Lipinski definition) is 0. The molecule has 1 aliphatic rings. The van der Waals surface area contributed by atoms with Crippen LogP contribution in [0.5, 0.6) is 0 Å². The molecule has 0 fully saturated rings. The summed E-state index contributed by atoms with van der Waals surface area (Å²) in [5.74, 6) is 0. The molecule has 0 unspecified atom stereocenters. The van der Waals surface area contributed by atoms with E-state index in [1.165, 1.54) is 29.3 Å². The molecule has 0 spiro atoms. The Balaban J connectivity index is 1.68. The molecule has 15 heavy (non-hydrogen) atoms. The molecule has 0 amide bonds. The Morgan fingerprint density at radius 1 is 1.13 bits per heavy atom. The van der Waals surface area contributed by atoms with Crippen molar-refractivity contribution >= 4 is 19.4 Å². The number of rotatable bonds is 4. The van der Waals surface area contributed by atoms with Crippen LogP contribution < -0.4 is 4.46 Å². The van der Waals surface area contributed by atoms with Crippen LogP contribution in [-0.4, -0.2) is 39.5 Å². The van der Waals surface area contributed by atoms with Crippen LogP contribution in [0.2, 0.25) is 5.32 Å². The van der Waals surface area contributed by atoms with Crippen LogP contribution >= 0.6 is 0 Å². The molecule has 0 aromatic heterocycles. The molecule has 0 aliphatic carbocycles. The summed E-state index contributed by atoms with van der Waals surface area (Å²) in [6.07, 6.45) is 5.82. The maximum atomic E-state index is 2.55. The fourth-order valence-corrected chi connectivity index (χ4v) is 3.66. The van der Waals surface area contributed by atoms with E-state index in [0.29, 0.717) is 15.0 Å². The zero-order chi connectivity index (χ0) is 10.3. The van der Waals surface area contributed by atoms with Crippen molar-refractivity contribution in [3.05, 3.63) is 42.5 Å². The number of nitrogens with zero attached hydrogens (tertiary/aromatic N) is 1. The van der Waals surface area contributed by atoms with Gasteiger partial charge in [0, 0.05) is 0 Å². The van der Waals surface area contributed by atoms with Gasteiger partial charge in [0.25, 0.3) is 0 Å². The van der Waals surface area contributed by atoms with Crippen molar-refractivity contribution in [2.75, 3.05) is 19.6 Å². The number of benzene rings is 1. The van der Waals surface area contributed by atoms with Crippen molar-refractivity contribution in [3.63, 3.8) is 0 Å². The summed E-state index contributed by atoms with van der Waals surface area (Å²) >= 11 is 0.655. The molecule has 0 radical (unpaired) electrons. The topological polar surface area (TPSA) is 3.24 Å². The fourth-order valence-electron chi connectivity index (χ4n) is 1.70. The molecule has 0 atom stereocenters. The van der Waals surface area contributed by atoms with E-state index in [4.69, 9.17) is 0 Å². The van der Waals surface area contributed by atoms with Gasteiger partial charge in [0.05, 0.1) is 0 Å². The van der Waals surface area contributed by atoms with Crippen LogP contribution in [0.1, 0.15) is 6.42 Å². The molecule has 0 saturated carbocycles. The van der Waals surface area contributed by atoms with Crippen molar-refractivity contribution in [2.24, 2.45) is 0 Å². The average Bonchev–Trinajstić information content (AvgIpc) is 2.32. The Kier molecular flexibility index (Phi) is 4.46. The molecule has 0 bridgehead atoms. The predicted octanol–water partition coefficient (Wildman–Crippen LogP) is 1.70. The predicted molar refractivity (Wildman–Crippen MR) is 66.8 cm³/mol. The molecule has 2 heteroatoms. The van der Waals surface area contributed by atoms with Gasteiger partial charge < -0.3 is 0 Å². The molecule has 1 aromatic carbocycles. The zero-order valence-electron chi connectivity index (χ0n) is 8.93. The fraction of sp³-hybridized carbons (Fsp3) is 0.385. The van der Waals surface area contributed by atoms with Gasteiger partial charge in [-0.25, -0.2) is 0 Å². The van der Waals surface area contributed by atoms with Gasteiger partial charge in [-0.15, -0.1) is 0 Å². The molecular formula is C13H17NSe. The van der Waals surface area contributed by atoms with Gasteiger partial charge in [0.1, 0.15) is 0 Å². The van der Waals surface area contributed by atoms with E-state index in [2.05, 4.69) is 47.4 Å². The molecule has 1 heterocycles. The summed E-state index contributed by atoms with van der Waals surface area (Å²) < 4.78 is 1.53. The van der Waals surface area contributed by atoms with Crippen molar-refractivity contribution in [3.8, 4) is 0 Å². The van der Waals surface area contributed by atoms with E-state index in [9.17, 15) is 0 Å². The molecule has 0 N–H and O–H groups in total. The Morgan fingerprint density at radius 2 is 2.00 bits per heavy atom. The van der Waals surface area contributed by atoms with Crippen molar-refractivity contribution in [2.45, 2.75) is 11.7 Å². The first-order chi connectivity index (χ1) is 7.45. The van der Waals surface area contributed by atoms with Gasteiger partial charge in [-0.3, -0.25) is 0 Å². The minimum atomic E-state index is 0.655. The first-order valence-corrected chi connectivity index (χ1v) is 7.57. The van der Waals surface area contributed by atoms with Crippen LogP contribution in [0.3, 0.4) is 0 Å². The van der Waals surface area contributed by atoms with Crippen LogP contribution in [0.25, 0.3) is 0 Å². The van der Waals surface area contributed by atoms with E-state index in [1.54, 1.807) is 0 Å². The van der Waals surface area contributed by atoms with Gasteiger partial charge >= 0.3 is 98.2 Å². The molecule has 2 rings (SSSR count). The summed E-state index contributed by atoms with van der Waals surface area (Å²) in [7, 11) is 0. The van der Waals surface area contributed by atoms with Gasteiger partial charge in [-0.05, 0) is 0 Å². The van der Waals surface area contributed by atoms with E-state index in [-0.39, 0.29) is 0 Å². The van der Waals surface area contributed by atoms with Gasteiger partial charge in [0.2, 0.25) is 0 Å². The van der Waals surface area contributed by atoms with Crippen molar-refractivity contribution in [1.82, 2.24) is 4.90 Å². The van der Waals surface area contributed by atoms with E-state index >= 15 is 0 Å². The quantitative estimate of drug-likeness (QED) is 0.592. The van der Waals surface area contributed by atoms with Gasteiger partial charge in [-0.2, -0.15) is 0 Å². The van der Waals surface area contributed by atoms with E-state index < -0.39 is 0 Å². The third kappa shape index (κ3) is 3.83. The maximum absolute atomic E-state index is 2.55. The Hall–Kier alpha value is -0.561. The Bertz CT molecular complexity index is 308. The van der Waals surface area contributed by atoms with E-state index in [1.807, 2.05) is 0 Å². The second-order valence-electron chi connectivity index (χ2n) is 3.72. The monoisotopic (exact) mass is 267 g/mol. The first kappa shape index (κ1) is 10.9. The second-order valence-corrected chi connectivity index (χ2v) is 6.17. The molecule has 1 aliphatic heterocycles. The summed E-state index contributed by atoms with van der Waals surface area (Å²) in [4.78, 5) is 2.55. The zero-order valence-corrected chi connectivity index (χ0v) is 10.6. The van der Waals surface area contributed by atoms with Crippen molar-refractivity contribution in [1.29, 1.82) is 0 Å². The van der Waals surface area contributed by atoms with Gasteiger partial charge in [-0.1, -0.05) is 0 Å². The molecule has 80 valence electrons. The van der Waals surface area contributed by atoms with Crippen molar-refractivity contribution < 1.29 is 0 Å². The van der Waals surface area contributed by atoms with Gasteiger partial charge in [0.15, 0.2) is 0 Å². The molecular weight excluding hydrogens is 249 g/mol. The SMILES string of the molecule is C1=CCN(CC[Se]c2ccccc2)CC1. The summed E-state index contributed by atoms with van der Waals surface area (Å²) in [5, 5.41) is 1.34. The van der Waals surface area contributed by atoms with Crippen LogP contribution in [0.15, 0.2) is 42.5 Å². The standard InChI is InChI=1S/C13H17NSe/c1-3-7-13(8-4-1)15-12-11-14-9-5-2-6-10-14/h1-5,7-8H,6,9-12H2. The minimum absolute atomic E-state index is 0.655. The normalized spacial score (nSPS) is 16.8. The number of hydrogen-bond acceptors (Lipinski definition) is 1. The first-order valence-electron chi connectivity index (χ1n) is 5.50. The second kappa shape index (κ2) is 6.12. The third-order valence-corrected chi connectivity index (χ3v) is 4.64. The average molecular weight is 266 g/mol. The third-order valence-electron chi connectivity index (χ3n) is 2.56. The van der Waals surface area contributed by atoms with E-state index in [0.717, 1.165) is 6.54 Å². The van der Waals surface area contributed by atoms with Crippen LogP contribution in [-0.2, 0) is 0 Å². The Morgan fingerprint density at radius 3 is 2.73 bits per heavy atom. The van der Waals surface area contributed by atoms with Crippen LogP contribution in [0, 0.1) is 0 Å². The molecule has 1 aromatic rings. The summed E-state index contributed by atoms with van der Waals surface area (Å²) in [6, 6.07) is 10.9.